The van der Waals surface area contributed by atoms with Crippen LogP contribution in [0, 0.1) is 0 Å². The van der Waals surface area contributed by atoms with Crippen LogP contribution >= 0.6 is 0 Å². The van der Waals surface area contributed by atoms with E-state index in [4.69, 9.17) is 0 Å². The zero-order valence-corrected chi connectivity index (χ0v) is 7.91. The lowest BCUT2D eigenvalue weighted by molar-refractivity contribution is -0.334. The highest BCUT2D eigenvalue weighted by Gasteiger charge is 2.59. The van der Waals surface area contributed by atoms with Gasteiger partial charge in [-0.1, -0.05) is 12.1 Å². The Hall–Kier alpha value is -1.56. The van der Waals surface area contributed by atoms with Crippen LogP contribution < -0.4 is 4.74 Å². The monoisotopic (exact) mass is 232 g/mol. The zero-order chi connectivity index (χ0) is 12.0. The van der Waals surface area contributed by atoms with Crippen molar-refractivity contribution in [2.75, 3.05) is 0 Å². The minimum atomic E-state index is -5.00. The third-order valence-corrected chi connectivity index (χ3v) is 2.31. The molecule has 0 bridgehead atoms. The molecule has 0 spiro atoms. The third-order valence-electron chi connectivity index (χ3n) is 2.31. The molecule has 0 saturated carbocycles. The van der Waals surface area contributed by atoms with Gasteiger partial charge in [0, 0.05) is 0 Å². The van der Waals surface area contributed by atoms with E-state index in [-0.39, 0.29) is 11.3 Å². The number of aliphatic hydroxyl groups is 1. The van der Waals surface area contributed by atoms with Crippen molar-refractivity contribution in [2.45, 2.75) is 18.4 Å². The van der Waals surface area contributed by atoms with E-state index in [0.717, 1.165) is 0 Å². The Labute approximate surface area is 88.5 Å². The number of ketones is 1. The summed E-state index contributed by atoms with van der Waals surface area (Å²) >= 11 is 0. The van der Waals surface area contributed by atoms with Crippen LogP contribution in [0.3, 0.4) is 0 Å². The predicted molar refractivity (Wildman–Crippen MR) is 47.0 cm³/mol. The van der Waals surface area contributed by atoms with Crippen molar-refractivity contribution >= 4 is 5.78 Å². The molecule has 0 aromatic heterocycles. The minimum absolute atomic E-state index is 0.0522. The molecule has 1 heterocycles. The maximum Gasteiger partial charge on any atom is 0.455 e. The first kappa shape index (κ1) is 10.9. The van der Waals surface area contributed by atoms with Crippen molar-refractivity contribution in [3.8, 4) is 5.75 Å². The van der Waals surface area contributed by atoms with Crippen LogP contribution in [0.2, 0.25) is 0 Å². The number of fused-ring (bicyclic) bond motifs is 1. The van der Waals surface area contributed by atoms with Crippen molar-refractivity contribution in [1.29, 1.82) is 0 Å². The van der Waals surface area contributed by atoms with Crippen molar-refractivity contribution < 1.29 is 27.8 Å². The van der Waals surface area contributed by atoms with Gasteiger partial charge in [0.05, 0.1) is 12.0 Å². The van der Waals surface area contributed by atoms with Gasteiger partial charge < -0.3 is 9.84 Å². The number of carbonyl (C=O) groups is 1. The van der Waals surface area contributed by atoms with Crippen molar-refractivity contribution in [3.63, 3.8) is 0 Å². The fraction of sp³-hybridized carbons (Fsp3) is 0.300. The van der Waals surface area contributed by atoms with Gasteiger partial charge >= 0.3 is 12.0 Å². The Bertz CT molecular complexity index is 441. The summed E-state index contributed by atoms with van der Waals surface area (Å²) in [5.74, 6) is -4.46. The fourth-order valence-corrected chi connectivity index (χ4v) is 1.47. The molecule has 1 atom stereocenters. The molecule has 1 unspecified atom stereocenters. The second-order valence-electron chi connectivity index (χ2n) is 3.48. The van der Waals surface area contributed by atoms with Crippen LogP contribution in [-0.4, -0.2) is 22.9 Å². The molecule has 1 aliphatic heterocycles. The van der Waals surface area contributed by atoms with E-state index >= 15 is 0 Å². The molecular formula is C10H7F3O3. The molecule has 16 heavy (non-hydrogen) atoms. The molecule has 1 aromatic carbocycles. The molecule has 0 radical (unpaired) electrons. The first-order valence-corrected chi connectivity index (χ1v) is 4.44. The number of rotatable bonds is 0. The average Bonchev–Trinajstić information content (AvgIpc) is 2.15. The molecule has 1 aromatic rings. The number of ether oxygens (including phenoxy) is 1. The molecular weight excluding hydrogens is 225 g/mol. The number of carbonyl (C=O) groups excluding carboxylic acids is 1. The SMILES string of the molecule is O=C1CC(O)(C(F)(F)F)Oc2ccccc21. The van der Waals surface area contributed by atoms with Gasteiger partial charge in [-0.3, -0.25) is 4.79 Å². The molecule has 2 rings (SSSR count). The van der Waals surface area contributed by atoms with Gasteiger partial charge in [0.15, 0.2) is 5.78 Å². The van der Waals surface area contributed by atoms with Crippen molar-refractivity contribution in [1.82, 2.24) is 0 Å². The van der Waals surface area contributed by atoms with E-state index in [2.05, 4.69) is 4.74 Å². The number of benzene rings is 1. The lowest BCUT2D eigenvalue weighted by atomic mass is 9.98. The number of Topliss-reactive ketones (excluding diaryl/α,β-unsaturated/α-hetero) is 1. The summed E-state index contributed by atoms with van der Waals surface area (Å²) in [6.45, 7) is 0. The Balaban J connectivity index is 2.46. The highest BCUT2D eigenvalue weighted by atomic mass is 19.4. The summed E-state index contributed by atoms with van der Waals surface area (Å²) in [4.78, 5) is 11.4. The van der Waals surface area contributed by atoms with E-state index in [0.29, 0.717) is 0 Å². The molecule has 86 valence electrons. The number of halogens is 3. The van der Waals surface area contributed by atoms with Gasteiger partial charge in [-0.2, -0.15) is 13.2 Å². The third kappa shape index (κ3) is 1.55. The number of alkyl halides is 3. The maximum atomic E-state index is 12.5. The normalized spacial score (nSPS) is 24.9. The molecule has 1 N–H and O–H groups in total. The van der Waals surface area contributed by atoms with E-state index in [1.54, 1.807) is 0 Å². The van der Waals surface area contributed by atoms with Gasteiger partial charge in [-0.05, 0) is 12.1 Å². The van der Waals surface area contributed by atoms with Gasteiger partial charge in [-0.25, -0.2) is 0 Å². The number of hydrogen-bond donors (Lipinski definition) is 1. The summed E-state index contributed by atoms with van der Waals surface area (Å²) in [6, 6.07) is 5.50. The van der Waals surface area contributed by atoms with Gasteiger partial charge in [0.25, 0.3) is 0 Å². The van der Waals surface area contributed by atoms with Crippen LogP contribution in [0.25, 0.3) is 0 Å². The zero-order valence-electron chi connectivity index (χ0n) is 7.91. The predicted octanol–water partition coefficient (Wildman–Crippen LogP) is 1.90. The number of hydrogen-bond acceptors (Lipinski definition) is 3. The highest BCUT2D eigenvalue weighted by molar-refractivity contribution is 6.00. The van der Waals surface area contributed by atoms with E-state index in [1.807, 2.05) is 0 Å². The lowest BCUT2D eigenvalue weighted by Gasteiger charge is -2.34. The summed E-state index contributed by atoms with van der Waals surface area (Å²) in [6.07, 6.45) is -6.12. The van der Waals surface area contributed by atoms with Crippen LogP contribution in [0.5, 0.6) is 5.75 Å². The molecule has 1 aliphatic rings. The largest absolute Gasteiger partial charge is 0.455 e. The van der Waals surface area contributed by atoms with E-state index in [1.165, 1.54) is 24.3 Å². The highest BCUT2D eigenvalue weighted by Crippen LogP contribution is 2.40. The first-order valence-electron chi connectivity index (χ1n) is 4.44. The molecule has 3 nitrogen and oxygen atoms in total. The van der Waals surface area contributed by atoms with Crippen LogP contribution in [-0.2, 0) is 0 Å². The molecule has 0 amide bonds. The number of para-hydroxylation sites is 1. The molecule has 0 fully saturated rings. The molecule has 0 aliphatic carbocycles. The Kier molecular flexibility index (Phi) is 2.20. The Morgan fingerprint density at radius 2 is 1.94 bits per heavy atom. The summed E-state index contributed by atoms with van der Waals surface area (Å²) < 4.78 is 41.9. The standard InChI is InChI=1S/C10H7F3O3/c11-10(12,13)9(15)5-7(14)6-3-1-2-4-8(6)16-9/h1-4,15H,5H2. The first-order chi connectivity index (χ1) is 7.33. The smallest absolute Gasteiger partial charge is 0.452 e. The van der Waals surface area contributed by atoms with Crippen LogP contribution in [0.1, 0.15) is 16.8 Å². The van der Waals surface area contributed by atoms with Crippen LogP contribution in [0.4, 0.5) is 13.2 Å². The summed E-state index contributed by atoms with van der Waals surface area (Å²) in [7, 11) is 0. The average molecular weight is 232 g/mol. The van der Waals surface area contributed by atoms with E-state index in [9.17, 15) is 23.1 Å². The summed E-state index contributed by atoms with van der Waals surface area (Å²) in [5.41, 5.74) is 0.0522. The molecule has 0 saturated heterocycles. The van der Waals surface area contributed by atoms with Crippen molar-refractivity contribution in [2.24, 2.45) is 0 Å². The second kappa shape index (κ2) is 3.21. The maximum absolute atomic E-state index is 12.5. The van der Waals surface area contributed by atoms with Crippen LogP contribution in [0.15, 0.2) is 24.3 Å². The Morgan fingerprint density at radius 3 is 2.56 bits per heavy atom. The molecule has 6 heteroatoms. The lowest BCUT2D eigenvalue weighted by Crippen LogP contribution is -2.53. The quantitative estimate of drug-likeness (QED) is 0.743. The Morgan fingerprint density at radius 1 is 1.31 bits per heavy atom. The van der Waals surface area contributed by atoms with Crippen molar-refractivity contribution in [3.05, 3.63) is 29.8 Å². The topological polar surface area (TPSA) is 46.5 Å². The second-order valence-corrected chi connectivity index (χ2v) is 3.48. The van der Waals surface area contributed by atoms with Gasteiger partial charge in [0.2, 0.25) is 0 Å². The van der Waals surface area contributed by atoms with Gasteiger partial charge in [0.1, 0.15) is 5.75 Å². The van der Waals surface area contributed by atoms with E-state index < -0.39 is 24.2 Å². The van der Waals surface area contributed by atoms with Gasteiger partial charge in [-0.15, -0.1) is 0 Å². The minimum Gasteiger partial charge on any atom is -0.452 e. The summed E-state index contributed by atoms with van der Waals surface area (Å²) in [5, 5.41) is 9.26. The fourth-order valence-electron chi connectivity index (χ4n) is 1.47.